The van der Waals surface area contributed by atoms with Crippen LogP contribution in [-0.2, 0) is 0 Å². The summed E-state index contributed by atoms with van der Waals surface area (Å²) in [6.07, 6.45) is 2.45. The fourth-order valence-corrected chi connectivity index (χ4v) is 3.08. The van der Waals surface area contributed by atoms with Gasteiger partial charge < -0.3 is 4.90 Å². The van der Waals surface area contributed by atoms with E-state index in [1.165, 1.54) is 12.8 Å². The zero-order valence-corrected chi connectivity index (χ0v) is 13.3. The van der Waals surface area contributed by atoms with Gasteiger partial charge in [0.2, 0.25) is 0 Å². The van der Waals surface area contributed by atoms with E-state index in [1.54, 1.807) is 0 Å². The Hall–Kier alpha value is -1.61. The van der Waals surface area contributed by atoms with Crippen molar-refractivity contribution in [3.63, 3.8) is 0 Å². The molecule has 2 heterocycles. The Labute approximate surface area is 131 Å². The summed E-state index contributed by atoms with van der Waals surface area (Å²) in [7, 11) is 0. The quantitative estimate of drug-likeness (QED) is 0.769. The van der Waals surface area contributed by atoms with Crippen molar-refractivity contribution in [1.82, 2.24) is 9.97 Å². The van der Waals surface area contributed by atoms with Crippen molar-refractivity contribution >= 4 is 17.4 Å². The summed E-state index contributed by atoms with van der Waals surface area (Å²) < 4.78 is 0. The largest absolute Gasteiger partial charge is 0.356 e. The molecule has 3 rings (SSSR count). The van der Waals surface area contributed by atoms with E-state index in [4.69, 9.17) is 16.6 Å². The Morgan fingerprint density at radius 3 is 2.62 bits per heavy atom. The van der Waals surface area contributed by atoms with Crippen molar-refractivity contribution in [3.05, 3.63) is 41.6 Å². The van der Waals surface area contributed by atoms with Crippen LogP contribution in [0.25, 0.3) is 11.4 Å². The van der Waals surface area contributed by atoms with Crippen LogP contribution in [0, 0.1) is 5.41 Å². The molecule has 0 spiro atoms. The number of hydrogen-bond donors (Lipinski definition) is 0. The Morgan fingerprint density at radius 1 is 1.14 bits per heavy atom. The molecule has 1 aliphatic heterocycles. The highest BCUT2D eigenvalue weighted by atomic mass is 35.5. The first-order valence-corrected chi connectivity index (χ1v) is 7.76. The van der Waals surface area contributed by atoms with Crippen LogP contribution in [0.4, 0.5) is 5.82 Å². The van der Waals surface area contributed by atoms with Gasteiger partial charge in [-0.1, -0.05) is 55.8 Å². The molecule has 0 radical (unpaired) electrons. The molecule has 1 fully saturated rings. The highest BCUT2D eigenvalue weighted by molar-refractivity contribution is 6.29. The van der Waals surface area contributed by atoms with E-state index < -0.39 is 0 Å². The van der Waals surface area contributed by atoms with Crippen LogP contribution in [0.3, 0.4) is 0 Å². The van der Waals surface area contributed by atoms with Gasteiger partial charge >= 0.3 is 0 Å². The molecule has 0 aliphatic carbocycles. The van der Waals surface area contributed by atoms with Crippen LogP contribution in [0.5, 0.6) is 0 Å². The van der Waals surface area contributed by atoms with Gasteiger partial charge in [0.05, 0.1) is 0 Å². The van der Waals surface area contributed by atoms with Gasteiger partial charge in [-0.25, -0.2) is 9.97 Å². The zero-order chi connectivity index (χ0) is 14.9. The summed E-state index contributed by atoms with van der Waals surface area (Å²) >= 11 is 6.21. The van der Waals surface area contributed by atoms with E-state index in [2.05, 4.69) is 23.7 Å². The van der Waals surface area contributed by atoms with Gasteiger partial charge in [-0.2, -0.15) is 0 Å². The first kappa shape index (κ1) is 14.3. The first-order chi connectivity index (χ1) is 10.0. The monoisotopic (exact) mass is 301 g/mol. The van der Waals surface area contributed by atoms with Gasteiger partial charge in [0, 0.05) is 24.7 Å². The van der Waals surface area contributed by atoms with Crippen molar-refractivity contribution < 1.29 is 0 Å². The van der Waals surface area contributed by atoms with E-state index in [0.29, 0.717) is 16.4 Å². The molecule has 1 aromatic carbocycles. The van der Waals surface area contributed by atoms with Crippen LogP contribution in [0.15, 0.2) is 36.4 Å². The Balaban J connectivity index is 1.95. The molecule has 1 aromatic heterocycles. The number of benzene rings is 1. The second kappa shape index (κ2) is 5.64. The van der Waals surface area contributed by atoms with Crippen LogP contribution in [0.1, 0.15) is 26.7 Å². The molecule has 0 amide bonds. The van der Waals surface area contributed by atoms with E-state index in [9.17, 15) is 0 Å². The summed E-state index contributed by atoms with van der Waals surface area (Å²) in [4.78, 5) is 11.4. The summed E-state index contributed by atoms with van der Waals surface area (Å²) in [6.45, 7) is 6.65. The van der Waals surface area contributed by atoms with Crippen LogP contribution in [0.2, 0.25) is 5.15 Å². The minimum absolute atomic E-state index is 0.322. The molecule has 21 heavy (non-hydrogen) atoms. The van der Waals surface area contributed by atoms with Gasteiger partial charge in [-0.15, -0.1) is 0 Å². The van der Waals surface area contributed by atoms with Crippen LogP contribution in [-0.4, -0.2) is 23.1 Å². The van der Waals surface area contributed by atoms with E-state index in [0.717, 1.165) is 24.5 Å². The Morgan fingerprint density at radius 2 is 1.90 bits per heavy atom. The Kier molecular flexibility index (Phi) is 3.85. The van der Waals surface area contributed by atoms with Crippen molar-refractivity contribution in [2.45, 2.75) is 26.7 Å². The molecule has 0 N–H and O–H groups in total. The third-order valence-corrected chi connectivity index (χ3v) is 4.13. The van der Waals surface area contributed by atoms with E-state index in [1.807, 2.05) is 36.4 Å². The average molecular weight is 302 g/mol. The third kappa shape index (κ3) is 3.35. The highest BCUT2D eigenvalue weighted by Gasteiger charge is 2.27. The lowest BCUT2D eigenvalue weighted by Gasteiger charge is -2.38. The maximum Gasteiger partial charge on any atom is 0.163 e. The molecule has 1 saturated heterocycles. The number of piperidine rings is 1. The lowest BCUT2D eigenvalue weighted by Crippen LogP contribution is -2.40. The van der Waals surface area contributed by atoms with Crippen LogP contribution >= 0.6 is 11.6 Å². The molecule has 0 bridgehead atoms. The molecule has 110 valence electrons. The minimum atomic E-state index is 0.322. The zero-order valence-electron chi connectivity index (χ0n) is 12.5. The molecule has 1 aliphatic rings. The molecule has 0 unspecified atom stereocenters. The minimum Gasteiger partial charge on any atom is -0.356 e. The molecule has 0 saturated carbocycles. The lowest BCUT2D eigenvalue weighted by atomic mass is 9.84. The number of hydrogen-bond acceptors (Lipinski definition) is 3. The van der Waals surface area contributed by atoms with Gasteiger partial charge in [0.15, 0.2) is 5.82 Å². The van der Waals surface area contributed by atoms with Gasteiger partial charge in [-0.3, -0.25) is 0 Å². The second-order valence-corrected chi connectivity index (χ2v) is 6.82. The topological polar surface area (TPSA) is 29.0 Å². The fourth-order valence-electron chi connectivity index (χ4n) is 2.90. The third-order valence-electron chi connectivity index (χ3n) is 3.94. The van der Waals surface area contributed by atoms with Crippen molar-refractivity contribution in [3.8, 4) is 11.4 Å². The van der Waals surface area contributed by atoms with Crippen molar-refractivity contribution in [2.24, 2.45) is 5.41 Å². The van der Waals surface area contributed by atoms with Crippen molar-refractivity contribution in [1.29, 1.82) is 0 Å². The number of anilines is 1. The van der Waals surface area contributed by atoms with Crippen molar-refractivity contribution in [2.75, 3.05) is 18.0 Å². The predicted octanol–water partition coefficient (Wildman–Crippen LogP) is 4.42. The number of nitrogens with zero attached hydrogens (tertiary/aromatic N) is 3. The standard InChI is InChI=1S/C17H20ClN3/c1-17(2)9-6-10-21(12-17)15-11-14(18)19-16(20-15)13-7-4-3-5-8-13/h3-5,7-8,11H,6,9-10,12H2,1-2H3. The summed E-state index contributed by atoms with van der Waals surface area (Å²) in [5.41, 5.74) is 1.32. The van der Waals surface area contributed by atoms with Gasteiger partial charge in [0.25, 0.3) is 0 Å². The molecule has 0 atom stereocenters. The van der Waals surface area contributed by atoms with Gasteiger partial charge in [-0.05, 0) is 18.3 Å². The molecular formula is C17H20ClN3. The predicted molar refractivity (Wildman–Crippen MR) is 87.7 cm³/mol. The summed E-state index contributed by atoms with van der Waals surface area (Å²) in [6, 6.07) is 11.9. The number of rotatable bonds is 2. The number of aromatic nitrogens is 2. The highest BCUT2D eigenvalue weighted by Crippen LogP contribution is 2.32. The second-order valence-electron chi connectivity index (χ2n) is 6.43. The molecule has 3 nitrogen and oxygen atoms in total. The van der Waals surface area contributed by atoms with Crippen LogP contribution < -0.4 is 4.90 Å². The maximum absolute atomic E-state index is 6.21. The van der Waals surface area contributed by atoms with E-state index >= 15 is 0 Å². The maximum atomic E-state index is 6.21. The lowest BCUT2D eigenvalue weighted by molar-refractivity contribution is 0.292. The van der Waals surface area contributed by atoms with Gasteiger partial charge in [0.1, 0.15) is 11.0 Å². The fraction of sp³-hybridized carbons (Fsp3) is 0.412. The molecule has 4 heteroatoms. The first-order valence-electron chi connectivity index (χ1n) is 7.38. The number of halogens is 1. The SMILES string of the molecule is CC1(C)CCCN(c2cc(Cl)nc(-c3ccccc3)n2)C1. The molecule has 2 aromatic rings. The molecular weight excluding hydrogens is 282 g/mol. The summed E-state index contributed by atoms with van der Waals surface area (Å²) in [5, 5.41) is 0.502. The van der Waals surface area contributed by atoms with E-state index in [-0.39, 0.29) is 0 Å². The summed E-state index contributed by atoms with van der Waals surface area (Å²) in [5.74, 6) is 1.63. The normalized spacial score (nSPS) is 17.8. The average Bonchev–Trinajstić information content (AvgIpc) is 2.46. The Bertz CT molecular complexity index is 625. The smallest absolute Gasteiger partial charge is 0.163 e.